The van der Waals surface area contributed by atoms with Crippen molar-refractivity contribution in [3.63, 3.8) is 0 Å². The standard InChI is InChI=1S/C19H20N6O6S/c1-29-7-8-31-17-11-15(25(27)28)14(10-16(17)30-2)18(26)20-12-5-4-6-13(9-12)24-19(32-3)21-22-23-24/h4-6,9-11H,7-8H2,1-3H3,(H,20,26). The molecule has 0 aliphatic carbocycles. The van der Waals surface area contributed by atoms with Gasteiger partial charge in [0.2, 0.25) is 5.16 Å². The maximum Gasteiger partial charge on any atom is 0.286 e. The molecule has 2 aromatic carbocycles. The van der Waals surface area contributed by atoms with E-state index in [1.807, 2.05) is 6.26 Å². The van der Waals surface area contributed by atoms with Gasteiger partial charge in [0.25, 0.3) is 11.6 Å². The number of tetrazole rings is 1. The molecule has 0 aliphatic heterocycles. The van der Waals surface area contributed by atoms with Gasteiger partial charge in [-0.15, -0.1) is 5.10 Å². The normalized spacial score (nSPS) is 10.6. The molecule has 3 aromatic rings. The number of nitrogens with one attached hydrogen (secondary N) is 1. The molecular formula is C19H20N6O6S. The van der Waals surface area contributed by atoms with Crippen LogP contribution < -0.4 is 14.8 Å². The van der Waals surface area contributed by atoms with Gasteiger partial charge in [0.1, 0.15) is 12.2 Å². The summed E-state index contributed by atoms with van der Waals surface area (Å²) in [6.45, 7) is 0.451. The molecule has 1 amide bonds. The zero-order valence-electron chi connectivity index (χ0n) is 17.5. The Morgan fingerprint density at radius 1 is 1.22 bits per heavy atom. The average Bonchev–Trinajstić information content (AvgIpc) is 3.28. The largest absolute Gasteiger partial charge is 0.493 e. The fourth-order valence-electron chi connectivity index (χ4n) is 2.77. The van der Waals surface area contributed by atoms with Crippen molar-refractivity contribution < 1.29 is 23.9 Å². The Morgan fingerprint density at radius 2 is 2.03 bits per heavy atom. The van der Waals surface area contributed by atoms with Crippen molar-refractivity contribution >= 4 is 29.0 Å². The number of nitro benzene ring substituents is 1. The van der Waals surface area contributed by atoms with E-state index in [-0.39, 0.29) is 30.3 Å². The van der Waals surface area contributed by atoms with Crippen molar-refractivity contribution in [1.29, 1.82) is 0 Å². The number of carbonyl (C=O) groups is 1. The van der Waals surface area contributed by atoms with Crippen LogP contribution in [0, 0.1) is 10.1 Å². The lowest BCUT2D eigenvalue weighted by molar-refractivity contribution is -0.385. The second kappa shape index (κ2) is 10.5. The molecule has 3 rings (SSSR count). The first-order valence-corrected chi connectivity index (χ1v) is 10.4. The van der Waals surface area contributed by atoms with Gasteiger partial charge in [0, 0.05) is 18.9 Å². The number of methoxy groups -OCH3 is 2. The number of amides is 1. The van der Waals surface area contributed by atoms with E-state index in [1.54, 1.807) is 24.3 Å². The van der Waals surface area contributed by atoms with E-state index in [1.165, 1.54) is 36.7 Å². The minimum absolute atomic E-state index is 0.137. The molecule has 0 radical (unpaired) electrons. The molecule has 1 aromatic heterocycles. The van der Waals surface area contributed by atoms with Gasteiger partial charge < -0.3 is 19.5 Å². The Hall–Kier alpha value is -3.71. The van der Waals surface area contributed by atoms with Crippen LogP contribution in [0.1, 0.15) is 10.4 Å². The number of nitrogens with zero attached hydrogens (tertiary/aromatic N) is 5. The predicted octanol–water partition coefficient (Wildman–Crippen LogP) is 2.58. The number of thioether (sulfide) groups is 1. The summed E-state index contributed by atoms with van der Waals surface area (Å²) in [5.41, 5.74) is 0.426. The highest BCUT2D eigenvalue weighted by Crippen LogP contribution is 2.35. The number of carbonyl (C=O) groups excluding carboxylic acids is 1. The zero-order valence-corrected chi connectivity index (χ0v) is 18.3. The monoisotopic (exact) mass is 460 g/mol. The summed E-state index contributed by atoms with van der Waals surface area (Å²) in [5, 5.41) is 26.3. The van der Waals surface area contributed by atoms with Gasteiger partial charge in [0.15, 0.2) is 11.5 Å². The maximum atomic E-state index is 12.9. The van der Waals surface area contributed by atoms with Crippen molar-refractivity contribution in [2.24, 2.45) is 0 Å². The van der Waals surface area contributed by atoms with Crippen LogP contribution in [0.25, 0.3) is 5.69 Å². The Bertz CT molecular complexity index is 1120. The minimum Gasteiger partial charge on any atom is -0.493 e. The number of ether oxygens (including phenoxy) is 3. The zero-order chi connectivity index (χ0) is 23.1. The van der Waals surface area contributed by atoms with Crippen LogP contribution in [0.5, 0.6) is 11.5 Å². The fourth-order valence-corrected chi connectivity index (χ4v) is 3.20. The Kier molecular flexibility index (Phi) is 7.57. The van der Waals surface area contributed by atoms with Crippen LogP contribution in [0.3, 0.4) is 0 Å². The third-order valence-electron chi connectivity index (χ3n) is 4.24. The van der Waals surface area contributed by atoms with Crippen LogP contribution in [0.2, 0.25) is 0 Å². The SMILES string of the molecule is COCCOc1cc([N+](=O)[O-])c(C(=O)Nc2cccc(-n3nnnc3SC)c2)cc1OC. The molecule has 0 bridgehead atoms. The van der Waals surface area contributed by atoms with E-state index < -0.39 is 16.5 Å². The van der Waals surface area contributed by atoms with Gasteiger partial charge in [-0.05, 0) is 34.9 Å². The lowest BCUT2D eigenvalue weighted by Gasteiger charge is -2.13. The number of nitro groups is 1. The van der Waals surface area contributed by atoms with Crippen LogP contribution in [-0.4, -0.2) is 64.7 Å². The summed E-state index contributed by atoms with van der Waals surface area (Å²) < 4.78 is 17.2. The van der Waals surface area contributed by atoms with Gasteiger partial charge in [0.05, 0.1) is 30.4 Å². The van der Waals surface area contributed by atoms with Crippen LogP contribution >= 0.6 is 11.8 Å². The minimum atomic E-state index is -0.683. The second-order valence-corrected chi connectivity index (χ2v) is 6.97. The average molecular weight is 460 g/mol. The Morgan fingerprint density at radius 3 is 2.72 bits per heavy atom. The summed E-state index contributed by atoms with van der Waals surface area (Å²) in [6, 6.07) is 9.20. The third-order valence-corrected chi connectivity index (χ3v) is 4.86. The molecule has 0 aliphatic rings. The van der Waals surface area contributed by atoms with Gasteiger partial charge in [-0.3, -0.25) is 14.9 Å². The molecule has 0 saturated carbocycles. The molecule has 0 atom stereocenters. The Balaban J connectivity index is 1.90. The van der Waals surface area contributed by atoms with Gasteiger partial charge >= 0.3 is 0 Å². The molecule has 1 heterocycles. The molecule has 0 saturated heterocycles. The second-order valence-electron chi connectivity index (χ2n) is 6.20. The smallest absolute Gasteiger partial charge is 0.286 e. The van der Waals surface area contributed by atoms with Gasteiger partial charge in [-0.2, -0.15) is 4.68 Å². The lowest BCUT2D eigenvalue weighted by Crippen LogP contribution is -2.15. The summed E-state index contributed by atoms with van der Waals surface area (Å²) in [5.74, 6) is -0.362. The molecule has 0 fully saturated rings. The van der Waals surface area contributed by atoms with Crippen LogP contribution in [-0.2, 0) is 4.74 Å². The predicted molar refractivity (Wildman–Crippen MR) is 116 cm³/mol. The van der Waals surface area contributed by atoms with E-state index in [0.29, 0.717) is 16.5 Å². The molecule has 32 heavy (non-hydrogen) atoms. The fraction of sp³-hybridized carbons (Fsp3) is 0.263. The summed E-state index contributed by atoms with van der Waals surface area (Å²) in [7, 11) is 2.89. The molecular weight excluding hydrogens is 440 g/mol. The lowest BCUT2D eigenvalue weighted by atomic mass is 10.1. The van der Waals surface area contributed by atoms with Crippen molar-refractivity contribution in [3.8, 4) is 17.2 Å². The molecule has 13 heteroatoms. The van der Waals surface area contributed by atoms with E-state index in [0.717, 1.165) is 6.07 Å². The number of hydrogen-bond acceptors (Lipinski definition) is 10. The van der Waals surface area contributed by atoms with Crippen molar-refractivity contribution in [3.05, 3.63) is 52.1 Å². The molecule has 12 nitrogen and oxygen atoms in total. The van der Waals surface area contributed by atoms with E-state index in [2.05, 4.69) is 20.8 Å². The van der Waals surface area contributed by atoms with Gasteiger partial charge in [-0.1, -0.05) is 17.8 Å². The number of hydrogen-bond donors (Lipinski definition) is 1. The molecule has 1 N–H and O–H groups in total. The number of anilines is 1. The highest BCUT2D eigenvalue weighted by molar-refractivity contribution is 7.98. The summed E-state index contributed by atoms with van der Waals surface area (Å²) >= 11 is 1.36. The van der Waals surface area contributed by atoms with E-state index >= 15 is 0 Å². The van der Waals surface area contributed by atoms with Gasteiger partial charge in [-0.25, -0.2) is 0 Å². The first kappa shape index (κ1) is 23.0. The highest BCUT2D eigenvalue weighted by Gasteiger charge is 2.25. The molecule has 0 unspecified atom stereocenters. The Labute approximate surface area is 187 Å². The number of aromatic nitrogens is 4. The first-order chi connectivity index (χ1) is 15.5. The summed E-state index contributed by atoms with van der Waals surface area (Å²) in [6.07, 6.45) is 1.84. The van der Waals surface area contributed by atoms with Crippen LogP contribution in [0.4, 0.5) is 11.4 Å². The van der Waals surface area contributed by atoms with E-state index in [4.69, 9.17) is 14.2 Å². The third kappa shape index (κ3) is 5.12. The van der Waals surface area contributed by atoms with Crippen molar-refractivity contribution in [2.45, 2.75) is 5.16 Å². The first-order valence-electron chi connectivity index (χ1n) is 9.20. The molecule has 0 spiro atoms. The van der Waals surface area contributed by atoms with Crippen LogP contribution in [0.15, 0.2) is 41.6 Å². The van der Waals surface area contributed by atoms with Crippen molar-refractivity contribution in [1.82, 2.24) is 20.2 Å². The molecule has 168 valence electrons. The topological polar surface area (TPSA) is 144 Å². The maximum absolute atomic E-state index is 12.9. The highest BCUT2D eigenvalue weighted by atomic mass is 32.2. The summed E-state index contributed by atoms with van der Waals surface area (Å²) in [4.78, 5) is 23.9. The quantitative estimate of drug-likeness (QED) is 0.207. The number of benzene rings is 2. The number of rotatable bonds is 10. The van der Waals surface area contributed by atoms with Crippen molar-refractivity contribution in [2.75, 3.05) is 39.0 Å². The van der Waals surface area contributed by atoms with E-state index in [9.17, 15) is 14.9 Å².